The van der Waals surface area contributed by atoms with Crippen molar-refractivity contribution in [1.82, 2.24) is 15.3 Å². The Morgan fingerprint density at radius 3 is 2.95 bits per heavy atom. The summed E-state index contributed by atoms with van der Waals surface area (Å²) in [5.41, 5.74) is 3.24. The molecule has 2 heterocycles. The Kier molecular flexibility index (Phi) is 3.76. The number of nitrogens with one attached hydrogen (secondary N) is 1. The maximum atomic E-state index is 4.58. The monoisotopic (exact) mass is 283 g/mol. The van der Waals surface area contributed by atoms with Gasteiger partial charge in [0.2, 0.25) is 0 Å². The molecule has 2 aromatic heterocycles. The highest BCUT2D eigenvalue weighted by atomic mass is 32.1. The van der Waals surface area contributed by atoms with Crippen molar-refractivity contribution in [3.8, 4) is 10.6 Å². The van der Waals surface area contributed by atoms with Gasteiger partial charge in [-0.25, -0.2) is 4.98 Å². The molecule has 3 rings (SSSR count). The maximum Gasteiger partial charge on any atom is 0.124 e. The van der Waals surface area contributed by atoms with E-state index in [1.165, 1.54) is 15.8 Å². The van der Waals surface area contributed by atoms with Crippen LogP contribution in [-0.4, -0.2) is 16.5 Å². The fourth-order valence-corrected chi connectivity index (χ4v) is 3.16. The minimum Gasteiger partial charge on any atom is -0.312 e. The van der Waals surface area contributed by atoms with Crippen LogP contribution in [0.25, 0.3) is 21.5 Å². The number of hydrogen-bond acceptors (Lipinski definition) is 4. The summed E-state index contributed by atoms with van der Waals surface area (Å²) in [5.74, 6) is 0. The van der Waals surface area contributed by atoms with Crippen molar-refractivity contribution in [3.05, 3.63) is 47.1 Å². The zero-order valence-corrected chi connectivity index (χ0v) is 12.5. The normalized spacial score (nSPS) is 11.1. The summed E-state index contributed by atoms with van der Waals surface area (Å²) in [4.78, 5) is 10.4. The fourth-order valence-electron chi connectivity index (χ4n) is 2.25. The third-order valence-electron chi connectivity index (χ3n) is 3.18. The van der Waals surface area contributed by atoms with Crippen molar-refractivity contribution in [1.29, 1.82) is 0 Å². The molecule has 0 saturated heterocycles. The highest BCUT2D eigenvalue weighted by Gasteiger charge is 2.10. The van der Waals surface area contributed by atoms with Gasteiger partial charge in [0, 0.05) is 34.3 Å². The molecular weight excluding hydrogens is 266 g/mol. The minimum absolute atomic E-state index is 0.885. The van der Waals surface area contributed by atoms with E-state index in [2.05, 4.69) is 46.5 Å². The van der Waals surface area contributed by atoms with Gasteiger partial charge < -0.3 is 5.32 Å². The number of thiazole rings is 1. The topological polar surface area (TPSA) is 37.8 Å². The first kappa shape index (κ1) is 13.2. The first-order valence-corrected chi connectivity index (χ1v) is 7.61. The molecule has 3 aromatic rings. The summed E-state index contributed by atoms with van der Waals surface area (Å²) in [6.45, 7) is 6.01. The molecule has 0 aliphatic heterocycles. The Bertz CT molecular complexity index is 733. The lowest BCUT2D eigenvalue weighted by Gasteiger charge is -2.05. The van der Waals surface area contributed by atoms with Crippen LogP contribution < -0.4 is 5.32 Å². The average Bonchev–Trinajstić information content (AvgIpc) is 2.93. The summed E-state index contributed by atoms with van der Waals surface area (Å²) in [6, 6.07) is 10.4. The zero-order valence-electron chi connectivity index (χ0n) is 11.7. The summed E-state index contributed by atoms with van der Waals surface area (Å²) in [5, 5.41) is 5.57. The van der Waals surface area contributed by atoms with Gasteiger partial charge in [0.05, 0.1) is 5.52 Å². The lowest BCUT2D eigenvalue weighted by Crippen LogP contribution is -2.10. The van der Waals surface area contributed by atoms with Gasteiger partial charge in [-0.3, -0.25) is 4.98 Å². The molecule has 0 saturated carbocycles. The minimum atomic E-state index is 0.885. The van der Waals surface area contributed by atoms with Crippen LogP contribution in [-0.2, 0) is 6.54 Å². The van der Waals surface area contributed by atoms with Crippen molar-refractivity contribution in [2.24, 2.45) is 0 Å². The standard InChI is InChI=1S/C16H17N3S/c1-3-17-9-12-10-18-16(20-12)14-8-11(2)19-15-7-5-4-6-13(14)15/h4-8,10,17H,3,9H2,1-2H3. The van der Waals surface area contributed by atoms with E-state index in [0.29, 0.717) is 0 Å². The van der Waals surface area contributed by atoms with Crippen LogP contribution in [0.15, 0.2) is 36.5 Å². The Morgan fingerprint density at radius 2 is 2.10 bits per heavy atom. The second-order valence-electron chi connectivity index (χ2n) is 4.74. The Labute approximate surface area is 122 Å². The van der Waals surface area contributed by atoms with E-state index in [9.17, 15) is 0 Å². The summed E-state index contributed by atoms with van der Waals surface area (Å²) in [7, 11) is 0. The number of aryl methyl sites for hydroxylation is 1. The summed E-state index contributed by atoms with van der Waals surface area (Å²) >= 11 is 1.75. The van der Waals surface area contributed by atoms with Crippen LogP contribution in [0.4, 0.5) is 0 Å². The predicted octanol–water partition coefficient (Wildman–Crippen LogP) is 3.78. The van der Waals surface area contributed by atoms with Crippen LogP contribution in [0, 0.1) is 6.92 Å². The molecule has 102 valence electrons. The van der Waals surface area contributed by atoms with Gasteiger partial charge in [0.15, 0.2) is 0 Å². The Hall–Kier alpha value is -1.78. The van der Waals surface area contributed by atoms with E-state index in [-0.39, 0.29) is 0 Å². The molecule has 1 aromatic carbocycles. The van der Waals surface area contributed by atoms with Gasteiger partial charge in [-0.15, -0.1) is 11.3 Å². The van der Waals surface area contributed by atoms with Gasteiger partial charge in [-0.2, -0.15) is 0 Å². The molecule has 0 aliphatic rings. The van der Waals surface area contributed by atoms with Crippen LogP contribution >= 0.6 is 11.3 Å². The van der Waals surface area contributed by atoms with E-state index in [4.69, 9.17) is 0 Å². The largest absolute Gasteiger partial charge is 0.312 e. The summed E-state index contributed by atoms with van der Waals surface area (Å²) in [6.07, 6.45) is 1.97. The number of hydrogen-bond donors (Lipinski definition) is 1. The van der Waals surface area contributed by atoms with Crippen molar-refractivity contribution >= 4 is 22.2 Å². The summed E-state index contributed by atoms with van der Waals surface area (Å²) < 4.78 is 0. The third-order valence-corrected chi connectivity index (χ3v) is 4.21. The number of fused-ring (bicyclic) bond motifs is 1. The molecule has 0 fully saturated rings. The molecular formula is C16H17N3S. The van der Waals surface area contributed by atoms with Crippen molar-refractivity contribution in [2.45, 2.75) is 20.4 Å². The van der Waals surface area contributed by atoms with Gasteiger partial charge >= 0.3 is 0 Å². The Morgan fingerprint density at radius 1 is 1.25 bits per heavy atom. The SMILES string of the molecule is CCNCc1cnc(-c2cc(C)nc3ccccc23)s1. The van der Waals surface area contributed by atoms with E-state index in [0.717, 1.165) is 29.3 Å². The van der Waals surface area contributed by atoms with Crippen molar-refractivity contribution in [3.63, 3.8) is 0 Å². The number of para-hydroxylation sites is 1. The van der Waals surface area contributed by atoms with Crippen LogP contribution in [0.2, 0.25) is 0 Å². The first-order valence-electron chi connectivity index (χ1n) is 6.80. The quantitative estimate of drug-likeness (QED) is 0.792. The highest BCUT2D eigenvalue weighted by Crippen LogP contribution is 2.31. The van der Waals surface area contributed by atoms with Crippen molar-refractivity contribution < 1.29 is 0 Å². The molecule has 0 amide bonds. The second-order valence-corrected chi connectivity index (χ2v) is 5.86. The van der Waals surface area contributed by atoms with Gasteiger partial charge in [0.1, 0.15) is 5.01 Å². The lowest BCUT2D eigenvalue weighted by molar-refractivity contribution is 0.734. The third kappa shape index (κ3) is 2.57. The molecule has 0 spiro atoms. The van der Waals surface area contributed by atoms with Crippen LogP contribution in [0.1, 0.15) is 17.5 Å². The van der Waals surface area contributed by atoms with Crippen LogP contribution in [0.3, 0.4) is 0 Å². The lowest BCUT2D eigenvalue weighted by atomic mass is 10.1. The molecule has 0 radical (unpaired) electrons. The van der Waals surface area contributed by atoms with E-state index in [1.807, 2.05) is 19.2 Å². The zero-order chi connectivity index (χ0) is 13.9. The molecule has 20 heavy (non-hydrogen) atoms. The number of aromatic nitrogens is 2. The number of pyridine rings is 1. The van der Waals surface area contributed by atoms with E-state index in [1.54, 1.807) is 11.3 Å². The van der Waals surface area contributed by atoms with E-state index < -0.39 is 0 Å². The first-order chi connectivity index (χ1) is 9.78. The van der Waals surface area contributed by atoms with Crippen molar-refractivity contribution in [2.75, 3.05) is 6.54 Å². The van der Waals surface area contributed by atoms with Gasteiger partial charge in [0.25, 0.3) is 0 Å². The van der Waals surface area contributed by atoms with Gasteiger partial charge in [-0.1, -0.05) is 25.1 Å². The average molecular weight is 283 g/mol. The van der Waals surface area contributed by atoms with Crippen LogP contribution in [0.5, 0.6) is 0 Å². The molecule has 1 N–H and O–H groups in total. The van der Waals surface area contributed by atoms with Gasteiger partial charge in [-0.05, 0) is 25.6 Å². The molecule has 0 bridgehead atoms. The second kappa shape index (κ2) is 5.69. The molecule has 0 aliphatic carbocycles. The molecule has 0 unspecified atom stereocenters. The fraction of sp³-hybridized carbons (Fsp3) is 0.250. The van der Waals surface area contributed by atoms with E-state index >= 15 is 0 Å². The molecule has 3 nitrogen and oxygen atoms in total. The molecule has 0 atom stereocenters. The smallest absolute Gasteiger partial charge is 0.124 e. The maximum absolute atomic E-state index is 4.58. The molecule has 4 heteroatoms. The predicted molar refractivity (Wildman–Crippen MR) is 85.0 cm³/mol. The number of nitrogens with zero attached hydrogens (tertiary/aromatic N) is 2. The highest BCUT2D eigenvalue weighted by molar-refractivity contribution is 7.15. The Balaban J connectivity index is 2.07. The number of rotatable bonds is 4. The number of benzene rings is 1.